The van der Waals surface area contributed by atoms with E-state index in [-0.39, 0.29) is 10.5 Å². The van der Waals surface area contributed by atoms with Crippen LogP contribution >= 0.6 is 0 Å². The topological polar surface area (TPSA) is 84.3 Å². The first-order valence-corrected chi connectivity index (χ1v) is 13.2. The minimum Gasteiger partial charge on any atom is -0.338 e. The first-order valence-electron chi connectivity index (χ1n) is 11.7. The first kappa shape index (κ1) is 25.1. The Morgan fingerprint density at radius 3 is 2.51 bits per heavy atom. The van der Waals surface area contributed by atoms with Gasteiger partial charge in [0.05, 0.1) is 4.90 Å². The number of imidazole rings is 1. The van der Waals surface area contributed by atoms with Crippen molar-refractivity contribution in [3.63, 3.8) is 0 Å². The molecule has 1 unspecified atom stereocenters. The lowest BCUT2D eigenvalue weighted by Crippen LogP contribution is -2.38. The van der Waals surface area contributed by atoms with Crippen LogP contribution in [0.25, 0.3) is 0 Å². The number of sulfonamides is 1. The van der Waals surface area contributed by atoms with E-state index in [1.165, 1.54) is 22.5 Å². The number of benzene rings is 2. The molecule has 1 aliphatic rings. The van der Waals surface area contributed by atoms with Crippen LogP contribution in [0.5, 0.6) is 0 Å². The van der Waals surface area contributed by atoms with Gasteiger partial charge in [0.2, 0.25) is 10.0 Å². The first-order chi connectivity index (χ1) is 16.6. The van der Waals surface area contributed by atoms with Crippen LogP contribution in [-0.2, 0) is 17.1 Å². The number of piperidine rings is 1. The molecule has 0 aliphatic carbocycles. The molecule has 0 spiro atoms. The Kier molecular flexibility index (Phi) is 7.10. The number of hydrogen-bond donors (Lipinski definition) is 1. The van der Waals surface area contributed by atoms with Crippen LogP contribution in [0.3, 0.4) is 0 Å². The highest BCUT2D eigenvalue weighted by molar-refractivity contribution is 7.89. The van der Waals surface area contributed by atoms with E-state index in [0.29, 0.717) is 41.5 Å². The van der Waals surface area contributed by atoms with Gasteiger partial charge in [-0.2, -0.15) is 4.31 Å². The zero-order valence-electron chi connectivity index (χ0n) is 20.5. The Morgan fingerprint density at radius 1 is 1.17 bits per heavy atom. The predicted octanol–water partition coefficient (Wildman–Crippen LogP) is 4.12. The van der Waals surface area contributed by atoms with Crippen molar-refractivity contribution in [2.24, 2.45) is 13.0 Å². The fourth-order valence-corrected chi connectivity index (χ4v) is 6.24. The summed E-state index contributed by atoms with van der Waals surface area (Å²) in [6, 6.07) is 8.40. The van der Waals surface area contributed by atoms with Crippen LogP contribution in [-0.4, -0.2) is 41.3 Å². The lowest BCUT2D eigenvalue weighted by molar-refractivity contribution is 0.0940. The highest BCUT2D eigenvalue weighted by Crippen LogP contribution is 2.29. The predicted molar refractivity (Wildman–Crippen MR) is 132 cm³/mol. The molecular formula is C26H31FN4O3S. The SMILES string of the molecule is Cc1cc(C(=O)NC(c2cccc(F)c2)c2nccn2C)cc(S(=O)(=O)N2CCC(C)CC2)c1C. The molecule has 186 valence electrons. The largest absolute Gasteiger partial charge is 0.338 e. The second-order valence-corrected chi connectivity index (χ2v) is 11.3. The summed E-state index contributed by atoms with van der Waals surface area (Å²) < 4.78 is 44.3. The van der Waals surface area contributed by atoms with Crippen LogP contribution in [0, 0.1) is 25.6 Å². The minimum absolute atomic E-state index is 0.150. The van der Waals surface area contributed by atoms with E-state index >= 15 is 0 Å². The van der Waals surface area contributed by atoms with Gasteiger partial charge in [-0.1, -0.05) is 19.1 Å². The summed E-state index contributed by atoms with van der Waals surface area (Å²) in [7, 11) is -1.95. The Labute approximate surface area is 206 Å². The van der Waals surface area contributed by atoms with E-state index in [0.717, 1.165) is 12.8 Å². The van der Waals surface area contributed by atoms with E-state index in [9.17, 15) is 17.6 Å². The van der Waals surface area contributed by atoms with Crippen molar-refractivity contribution in [3.8, 4) is 0 Å². The van der Waals surface area contributed by atoms with Crippen LogP contribution in [0.2, 0.25) is 0 Å². The summed E-state index contributed by atoms with van der Waals surface area (Å²) in [5.74, 6) is 0.135. The maximum atomic E-state index is 14.0. The highest BCUT2D eigenvalue weighted by atomic mass is 32.2. The van der Waals surface area contributed by atoms with Crippen molar-refractivity contribution >= 4 is 15.9 Å². The molecule has 0 saturated carbocycles. The van der Waals surface area contributed by atoms with E-state index in [2.05, 4.69) is 17.2 Å². The van der Waals surface area contributed by atoms with Crippen LogP contribution in [0.1, 0.15) is 58.7 Å². The Morgan fingerprint density at radius 2 is 1.89 bits per heavy atom. The van der Waals surface area contributed by atoms with Gasteiger partial charge in [-0.3, -0.25) is 4.79 Å². The number of halogens is 1. The van der Waals surface area contributed by atoms with E-state index < -0.39 is 27.8 Å². The smallest absolute Gasteiger partial charge is 0.252 e. The maximum absolute atomic E-state index is 14.0. The highest BCUT2D eigenvalue weighted by Gasteiger charge is 2.31. The molecule has 7 nitrogen and oxygen atoms in total. The second kappa shape index (κ2) is 9.91. The molecule has 2 heterocycles. The molecule has 1 amide bonds. The summed E-state index contributed by atoms with van der Waals surface area (Å²) >= 11 is 0. The van der Waals surface area contributed by atoms with Crippen molar-refractivity contribution in [2.75, 3.05) is 13.1 Å². The Hall–Kier alpha value is -3.04. The summed E-state index contributed by atoms with van der Waals surface area (Å²) in [6.45, 7) is 6.63. The van der Waals surface area contributed by atoms with Gasteiger partial charge in [-0.05, 0) is 73.6 Å². The van der Waals surface area contributed by atoms with E-state index in [4.69, 9.17) is 0 Å². The molecule has 35 heavy (non-hydrogen) atoms. The van der Waals surface area contributed by atoms with Crippen LogP contribution < -0.4 is 5.32 Å². The zero-order chi connectivity index (χ0) is 25.3. The van der Waals surface area contributed by atoms with Gasteiger partial charge in [0.25, 0.3) is 5.91 Å². The number of rotatable bonds is 6. The van der Waals surface area contributed by atoms with Crippen molar-refractivity contribution in [1.29, 1.82) is 0 Å². The van der Waals surface area contributed by atoms with Crippen molar-refractivity contribution in [2.45, 2.75) is 44.6 Å². The number of nitrogens with one attached hydrogen (secondary N) is 1. The van der Waals surface area contributed by atoms with Crippen molar-refractivity contribution < 1.29 is 17.6 Å². The van der Waals surface area contributed by atoms with Crippen LogP contribution in [0.4, 0.5) is 4.39 Å². The monoisotopic (exact) mass is 498 g/mol. The third-order valence-corrected chi connectivity index (χ3v) is 8.84. The molecule has 1 atom stereocenters. The average molecular weight is 499 g/mol. The molecule has 9 heteroatoms. The molecule has 0 radical (unpaired) electrons. The molecule has 1 aliphatic heterocycles. The van der Waals surface area contributed by atoms with Gasteiger partial charge >= 0.3 is 0 Å². The maximum Gasteiger partial charge on any atom is 0.252 e. The standard InChI is InChI=1S/C26H31FN4O3S/c1-17-8-11-31(12-9-17)35(33,34)23-16-21(14-18(2)19(23)3)26(32)29-24(25-28-10-13-30(25)4)20-6-5-7-22(27)15-20/h5-7,10,13-17,24H,8-9,11-12H2,1-4H3,(H,29,32). The third kappa shape index (κ3) is 5.16. The average Bonchev–Trinajstić information content (AvgIpc) is 3.24. The lowest BCUT2D eigenvalue weighted by atomic mass is 10.0. The van der Waals surface area contributed by atoms with Gasteiger partial charge in [0.15, 0.2) is 0 Å². The summed E-state index contributed by atoms with van der Waals surface area (Å²) in [5, 5.41) is 2.93. The summed E-state index contributed by atoms with van der Waals surface area (Å²) in [6.07, 6.45) is 4.98. The van der Waals surface area contributed by atoms with Crippen molar-refractivity contribution in [3.05, 3.63) is 82.7 Å². The van der Waals surface area contributed by atoms with Crippen LogP contribution in [0.15, 0.2) is 53.7 Å². The van der Waals surface area contributed by atoms with Gasteiger partial charge in [-0.25, -0.2) is 17.8 Å². The Bertz CT molecular complexity index is 1340. The number of aromatic nitrogens is 2. The molecule has 1 fully saturated rings. The molecular weight excluding hydrogens is 467 g/mol. The van der Waals surface area contributed by atoms with Gasteiger partial charge in [0, 0.05) is 38.1 Å². The molecule has 1 saturated heterocycles. The quantitative estimate of drug-likeness (QED) is 0.554. The summed E-state index contributed by atoms with van der Waals surface area (Å²) in [5.41, 5.74) is 2.10. The molecule has 1 aromatic heterocycles. The normalized spacial score (nSPS) is 16.3. The van der Waals surface area contributed by atoms with Gasteiger partial charge in [-0.15, -0.1) is 0 Å². The number of nitrogens with zero attached hydrogens (tertiary/aromatic N) is 3. The second-order valence-electron chi connectivity index (χ2n) is 9.36. The number of carbonyl (C=O) groups excluding carboxylic acids is 1. The van der Waals surface area contributed by atoms with Gasteiger partial charge < -0.3 is 9.88 Å². The fraction of sp³-hybridized carbons (Fsp3) is 0.385. The molecule has 2 aromatic carbocycles. The molecule has 4 rings (SSSR count). The van der Waals surface area contributed by atoms with Gasteiger partial charge in [0.1, 0.15) is 17.7 Å². The summed E-state index contributed by atoms with van der Waals surface area (Å²) in [4.78, 5) is 17.9. The molecule has 3 aromatic rings. The molecule has 0 bridgehead atoms. The third-order valence-electron chi connectivity index (χ3n) is 6.82. The molecule has 1 N–H and O–H groups in total. The number of carbonyl (C=O) groups is 1. The zero-order valence-corrected chi connectivity index (χ0v) is 21.3. The number of hydrogen-bond acceptors (Lipinski definition) is 4. The fourth-order valence-electron chi connectivity index (χ4n) is 4.44. The lowest BCUT2D eigenvalue weighted by Gasteiger charge is -2.30. The minimum atomic E-state index is -3.74. The van der Waals surface area contributed by atoms with Crippen molar-refractivity contribution in [1.82, 2.24) is 19.2 Å². The number of amides is 1. The number of aryl methyl sites for hydroxylation is 2. The van der Waals surface area contributed by atoms with E-state index in [1.54, 1.807) is 56.1 Å². The Balaban J connectivity index is 1.69. The van der Waals surface area contributed by atoms with E-state index in [1.807, 2.05) is 0 Å².